The van der Waals surface area contributed by atoms with Gasteiger partial charge in [-0.15, -0.1) is 0 Å². The lowest BCUT2D eigenvalue weighted by Gasteiger charge is -2.22. The summed E-state index contributed by atoms with van der Waals surface area (Å²) in [6.07, 6.45) is 0. The maximum atomic E-state index is 13.2. The van der Waals surface area contributed by atoms with Crippen LogP contribution in [0.2, 0.25) is 10.0 Å². The van der Waals surface area contributed by atoms with Crippen molar-refractivity contribution < 1.29 is 18.4 Å². The largest absolute Gasteiger partial charge is 0.350 e. The van der Waals surface area contributed by atoms with Gasteiger partial charge in [-0.1, -0.05) is 23.2 Å². The van der Waals surface area contributed by atoms with E-state index in [4.69, 9.17) is 23.2 Å². The Labute approximate surface area is 153 Å². The van der Waals surface area contributed by atoms with E-state index in [9.17, 15) is 18.4 Å². The first-order chi connectivity index (χ1) is 11.8. The normalized spacial score (nSPS) is 10.4. The second kappa shape index (κ2) is 8.27. The van der Waals surface area contributed by atoms with Gasteiger partial charge in [-0.05, 0) is 36.4 Å². The summed E-state index contributed by atoms with van der Waals surface area (Å²) in [5, 5.41) is 3.29. The molecule has 0 aliphatic heterocycles. The van der Waals surface area contributed by atoms with Crippen LogP contribution < -0.4 is 10.2 Å². The molecule has 0 atom stereocenters. The molecule has 0 heterocycles. The molecular weight excluding hydrogens is 373 g/mol. The van der Waals surface area contributed by atoms with Crippen LogP contribution in [0.5, 0.6) is 0 Å². The molecule has 2 rings (SSSR count). The molecule has 2 amide bonds. The Kier molecular flexibility index (Phi) is 6.33. The molecule has 0 unspecified atom stereocenters. The summed E-state index contributed by atoms with van der Waals surface area (Å²) in [6, 6.07) is 7.55. The van der Waals surface area contributed by atoms with Gasteiger partial charge in [-0.3, -0.25) is 9.59 Å². The van der Waals surface area contributed by atoms with E-state index in [2.05, 4.69) is 5.32 Å². The van der Waals surface area contributed by atoms with Crippen molar-refractivity contribution in [3.05, 3.63) is 63.6 Å². The van der Waals surface area contributed by atoms with Crippen molar-refractivity contribution in [1.29, 1.82) is 0 Å². The molecule has 0 aromatic heterocycles. The molecular formula is C17H14Cl2F2N2O2. The van der Waals surface area contributed by atoms with E-state index in [0.717, 1.165) is 12.1 Å². The van der Waals surface area contributed by atoms with Crippen LogP contribution in [0.3, 0.4) is 0 Å². The average molecular weight is 387 g/mol. The van der Waals surface area contributed by atoms with E-state index in [1.165, 1.54) is 24.0 Å². The maximum Gasteiger partial charge on any atom is 0.251 e. The number of benzene rings is 2. The minimum Gasteiger partial charge on any atom is -0.350 e. The van der Waals surface area contributed by atoms with Crippen LogP contribution in [-0.4, -0.2) is 24.9 Å². The smallest absolute Gasteiger partial charge is 0.251 e. The van der Waals surface area contributed by atoms with E-state index in [1.807, 2.05) is 0 Å². The molecule has 2 aromatic carbocycles. The van der Waals surface area contributed by atoms with Crippen LogP contribution in [0.25, 0.3) is 0 Å². The molecule has 4 nitrogen and oxygen atoms in total. The minimum absolute atomic E-state index is 0.0147. The Morgan fingerprint density at radius 2 is 1.68 bits per heavy atom. The Hall–Kier alpha value is -2.18. The third-order valence-corrected chi connectivity index (χ3v) is 3.78. The minimum atomic E-state index is -1.11. The fourth-order valence-corrected chi connectivity index (χ4v) is 2.70. The van der Waals surface area contributed by atoms with Crippen molar-refractivity contribution in [2.45, 2.75) is 6.92 Å². The molecule has 0 aliphatic carbocycles. The molecule has 0 fully saturated rings. The van der Waals surface area contributed by atoms with E-state index in [0.29, 0.717) is 15.7 Å². The molecule has 1 N–H and O–H groups in total. The Morgan fingerprint density at radius 3 is 2.24 bits per heavy atom. The third kappa shape index (κ3) is 5.14. The van der Waals surface area contributed by atoms with Crippen molar-refractivity contribution in [3.8, 4) is 0 Å². The summed E-state index contributed by atoms with van der Waals surface area (Å²) in [7, 11) is 0. The maximum absolute atomic E-state index is 13.2. The zero-order valence-electron chi connectivity index (χ0n) is 13.2. The van der Waals surface area contributed by atoms with Crippen molar-refractivity contribution in [3.63, 3.8) is 0 Å². The molecule has 8 heteroatoms. The first kappa shape index (κ1) is 19.1. The lowest BCUT2D eigenvalue weighted by molar-refractivity contribution is -0.116. The number of halogens is 4. The van der Waals surface area contributed by atoms with Crippen LogP contribution in [0, 0.1) is 11.6 Å². The van der Waals surface area contributed by atoms with Crippen molar-refractivity contribution in [2.24, 2.45) is 0 Å². The topological polar surface area (TPSA) is 49.4 Å². The zero-order valence-corrected chi connectivity index (χ0v) is 14.7. The Bertz CT molecular complexity index is 795. The first-order valence-corrected chi connectivity index (χ1v) is 8.01. The fraction of sp³-hybridized carbons (Fsp3) is 0.176. The Morgan fingerprint density at radius 1 is 1.04 bits per heavy atom. The number of amides is 2. The van der Waals surface area contributed by atoms with Crippen LogP contribution in [-0.2, 0) is 4.79 Å². The summed E-state index contributed by atoms with van der Waals surface area (Å²) in [5.41, 5.74) is 0.478. The number of hydrogen-bond acceptors (Lipinski definition) is 2. The number of nitrogens with zero attached hydrogens (tertiary/aromatic N) is 1. The summed E-state index contributed by atoms with van der Waals surface area (Å²) >= 11 is 11.9. The predicted octanol–water partition coefficient (Wildman–Crippen LogP) is 4.05. The standard InChI is InChI=1S/C17H14Cl2F2N2O2/c1-10(24)23(14-8-12(18)7-13(19)9-14)5-4-22-17(25)11-2-3-15(20)16(21)6-11/h2-3,6-9H,4-5H2,1H3,(H,22,25). The summed E-state index contributed by atoms with van der Waals surface area (Å²) < 4.78 is 26.0. The second-order valence-corrected chi connectivity index (χ2v) is 6.06. The highest BCUT2D eigenvalue weighted by atomic mass is 35.5. The van der Waals surface area contributed by atoms with Crippen LogP contribution >= 0.6 is 23.2 Å². The van der Waals surface area contributed by atoms with E-state index < -0.39 is 17.5 Å². The highest BCUT2D eigenvalue weighted by molar-refractivity contribution is 6.35. The number of hydrogen-bond donors (Lipinski definition) is 1. The Balaban J connectivity index is 2.03. The molecule has 0 aliphatic rings. The predicted molar refractivity (Wildman–Crippen MR) is 93.2 cm³/mol. The van der Waals surface area contributed by atoms with Gasteiger partial charge in [0.1, 0.15) is 0 Å². The first-order valence-electron chi connectivity index (χ1n) is 7.25. The van der Waals surface area contributed by atoms with Gasteiger partial charge in [0.05, 0.1) is 0 Å². The molecule has 0 saturated heterocycles. The number of anilines is 1. The van der Waals surface area contributed by atoms with Gasteiger partial charge in [0.2, 0.25) is 5.91 Å². The highest BCUT2D eigenvalue weighted by Crippen LogP contribution is 2.25. The van der Waals surface area contributed by atoms with Crippen molar-refractivity contribution >= 4 is 40.7 Å². The molecule has 0 radical (unpaired) electrons. The molecule has 2 aromatic rings. The van der Waals surface area contributed by atoms with Crippen molar-refractivity contribution in [1.82, 2.24) is 5.32 Å². The zero-order chi connectivity index (χ0) is 18.6. The van der Waals surface area contributed by atoms with Crippen LogP contribution in [0.15, 0.2) is 36.4 Å². The lowest BCUT2D eigenvalue weighted by atomic mass is 10.2. The average Bonchev–Trinajstić information content (AvgIpc) is 2.52. The van der Waals surface area contributed by atoms with E-state index in [1.54, 1.807) is 12.1 Å². The van der Waals surface area contributed by atoms with Gasteiger partial charge in [0, 0.05) is 41.3 Å². The SMILES string of the molecule is CC(=O)N(CCNC(=O)c1ccc(F)c(F)c1)c1cc(Cl)cc(Cl)c1. The second-order valence-electron chi connectivity index (χ2n) is 5.18. The molecule has 0 saturated carbocycles. The quantitative estimate of drug-likeness (QED) is 0.842. The number of carbonyl (C=O) groups is 2. The number of carbonyl (C=O) groups excluding carboxylic acids is 2. The third-order valence-electron chi connectivity index (χ3n) is 3.34. The van der Waals surface area contributed by atoms with Gasteiger partial charge < -0.3 is 10.2 Å². The molecule has 132 valence electrons. The van der Waals surface area contributed by atoms with Gasteiger partial charge in [-0.2, -0.15) is 0 Å². The van der Waals surface area contributed by atoms with Crippen LogP contribution in [0.1, 0.15) is 17.3 Å². The monoisotopic (exact) mass is 386 g/mol. The summed E-state index contributed by atoms with van der Waals surface area (Å²) in [5.74, 6) is -2.98. The van der Waals surface area contributed by atoms with Crippen LogP contribution in [0.4, 0.5) is 14.5 Å². The van der Waals surface area contributed by atoms with Gasteiger partial charge in [0.25, 0.3) is 5.91 Å². The van der Waals surface area contributed by atoms with Gasteiger partial charge in [-0.25, -0.2) is 8.78 Å². The lowest BCUT2D eigenvalue weighted by Crippen LogP contribution is -2.37. The summed E-state index contributed by atoms with van der Waals surface area (Å²) in [4.78, 5) is 25.2. The molecule has 25 heavy (non-hydrogen) atoms. The van der Waals surface area contributed by atoms with Gasteiger partial charge >= 0.3 is 0 Å². The van der Waals surface area contributed by atoms with Crippen molar-refractivity contribution in [2.75, 3.05) is 18.0 Å². The van der Waals surface area contributed by atoms with Gasteiger partial charge in [0.15, 0.2) is 11.6 Å². The number of nitrogens with one attached hydrogen (secondary N) is 1. The number of rotatable bonds is 5. The van der Waals surface area contributed by atoms with E-state index in [-0.39, 0.29) is 24.6 Å². The molecule has 0 spiro atoms. The molecule has 0 bridgehead atoms. The summed E-state index contributed by atoms with van der Waals surface area (Å²) in [6.45, 7) is 1.62. The fourth-order valence-electron chi connectivity index (χ4n) is 2.18. The highest BCUT2D eigenvalue weighted by Gasteiger charge is 2.14. The van der Waals surface area contributed by atoms with E-state index >= 15 is 0 Å².